The van der Waals surface area contributed by atoms with E-state index >= 15 is 0 Å². The lowest BCUT2D eigenvalue weighted by atomic mass is 10.0. The lowest BCUT2D eigenvalue weighted by Crippen LogP contribution is -2.21. The molecule has 0 aliphatic carbocycles. The van der Waals surface area contributed by atoms with Gasteiger partial charge in [0.05, 0.1) is 7.11 Å². The van der Waals surface area contributed by atoms with Crippen LogP contribution in [0.4, 0.5) is 0 Å². The predicted molar refractivity (Wildman–Crippen MR) is 85.7 cm³/mol. The third-order valence-electron chi connectivity index (χ3n) is 3.51. The number of hydrogen-bond acceptors (Lipinski definition) is 3. The molecule has 21 heavy (non-hydrogen) atoms. The molecule has 0 saturated heterocycles. The normalized spacial score (nSPS) is 12.0. The van der Waals surface area contributed by atoms with Crippen LogP contribution in [0.2, 0.25) is 0 Å². The van der Waals surface area contributed by atoms with Crippen LogP contribution in [0.1, 0.15) is 24.5 Å². The molecule has 1 unspecified atom stereocenters. The summed E-state index contributed by atoms with van der Waals surface area (Å²) in [4.78, 5) is 0. The second-order valence-electron chi connectivity index (χ2n) is 5.12. The van der Waals surface area contributed by atoms with Gasteiger partial charge in [0.15, 0.2) is 0 Å². The zero-order valence-electron chi connectivity index (χ0n) is 12.7. The van der Waals surface area contributed by atoms with E-state index in [4.69, 9.17) is 15.2 Å². The SMILES string of the molecule is CCC(N)Cc1ccccc1OCc1cccc(OC)c1. The van der Waals surface area contributed by atoms with Crippen LogP contribution in [0.25, 0.3) is 0 Å². The zero-order valence-corrected chi connectivity index (χ0v) is 12.7. The van der Waals surface area contributed by atoms with Gasteiger partial charge in [-0.1, -0.05) is 37.3 Å². The van der Waals surface area contributed by atoms with Crippen LogP contribution in [0.5, 0.6) is 11.5 Å². The molecule has 0 heterocycles. The van der Waals surface area contributed by atoms with Gasteiger partial charge in [0.1, 0.15) is 18.1 Å². The van der Waals surface area contributed by atoms with Crippen molar-refractivity contribution in [3.8, 4) is 11.5 Å². The first-order valence-electron chi connectivity index (χ1n) is 7.32. The Hall–Kier alpha value is -2.00. The van der Waals surface area contributed by atoms with Crippen molar-refractivity contribution in [1.82, 2.24) is 0 Å². The summed E-state index contributed by atoms with van der Waals surface area (Å²) < 4.78 is 11.2. The van der Waals surface area contributed by atoms with Crippen LogP contribution in [0.3, 0.4) is 0 Å². The van der Waals surface area contributed by atoms with Crippen molar-refractivity contribution in [2.45, 2.75) is 32.4 Å². The first-order valence-corrected chi connectivity index (χ1v) is 7.32. The molecular weight excluding hydrogens is 262 g/mol. The van der Waals surface area contributed by atoms with E-state index in [0.29, 0.717) is 6.61 Å². The van der Waals surface area contributed by atoms with E-state index in [-0.39, 0.29) is 6.04 Å². The minimum Gasteiger partial charge on any atom is -0.497 e. The van der Waals surface area contributed by atoms with E-state index < -0.39 is 0 Å². The van der Waals surface area contributed by atoms with Gasteiger partial charge in [-0.05, 0) is 42.2 Å². The number of hydrogen-bond donors (Lipinski definition) is 1. The molecule has 0 amide bonds. The molecule has 3 heteroatoms. The van der Waals surface area contributed by atoms with Crippen LogP contribution in [0, 0.1) is 0 Å². The second-order valence-corrected chi connectivity index (χ2v) is 5.12. The van der Waals surface area contributed by atoms with Gasteiger partial charge in [0.2, 0.25) is 0 Å². The van der Waals surface area contributed by atoms with Crippen molar-refractivity contribution >= 4 is 0 Å². The van der Waals surface area contributed by atoms with E-state index in [1.165, 1.54) is 0 Å². The van der Waals surface area contributed by atoms with Gasteiger partial charge in [-0.15, -0.1) is 0 Å². The molecule has 0 radical (unpaired) electrons. The fraction of sp³-hybridized carbons (Fsp3) is 0.333. The molecule has 0 spiro atoms. The lowest BCUT2D eigenvalue weighted by molar-refractivity contribution is 0.301. The molecule has 112 valence electrons. The molecule has 2 N–H and O–H groups in total. The molecule has 0 saturated carbocycles. The topological polar surface area (TPSA) is 44.5 Å². The molecule has 2 aromatic rings. The van der Waals surface area contributed by atoms with Crippen LogP contribution >= 0.6 is 0 Å². The van der Waals surface area contributed by atoms with Crippen molar-refractivity contribution in [2.24, 2.45) is 5.73 Å². The van der Waals surface area contributed by atoms with E-state index in [9.17, 15) is 0 Å². The highest BCUT2D eigenvalue weighted by Crippen LogP contribution is 2.22. The standard InChI is InChI=1S/C18H23NO2/c1-3-16(19)12-15-8-4-5-10-18(15)21-13-14-7-6-9-17(11-14)20-2/h4-11,16H,3,12-13,19H2,1-2H3. The smallest absolute Gasteiger partial charge is 0.123 e. The Morgan fingerprint density at radius 3 is 2.67 bits per heavy atom. The Labute approximate surface area is 126 Å². The van der Waals surface area contributed by atoms with Crippen molar-refractivity contribution in [1.29, 1.82) is 0 Å². The summed E-state index contributed by atoms with van der Waals surface area (Å²) in [6.45, 7) is 2.62. The number of benzene rings is 2. The van der Waals surface area contributed by atoms with Crippen molar-refractivity contribution in [2.75, 3.05) is 7.11 Å². The number of nitrogens with two attached hydrogens (primary N) is 1. The average molecular weight is 285 g/mol. The maximum Gasteiger partial charge on any atom is 0.123 e. The summed E-state index contributed by atoms with van der Waals surface area (Å²) in [6.07, 6.45) is 1.80. The Balaban J connectivity index is 2.05. The van der Waals surface area contributed by atoms with E-state index in [2.05, 4.69) is 13.0 Å². The number of methoxy groups -OCH3 is 1. The fourth-order valence-corrected chi connectivity index (χ4v) is 2.16. The van der Waals surface area contributed by atoms with Crippen LogP contribution in [0.15, 0.2) is 48.5 Å². The Morgan fingerprint density at radius 1 is 1.10 bits per heavy atom. The zero-order chi connectivity index (χ0) is 15.1. The molecule has 2 aromatic carbocycles. The average Bonchev–Trinajstić information content (AvgIpc) is 2.54. The van der Waals surface area contributed by atoms with Gasteiger partial charge in [-0.25, -0.2) is 0 Å². The first-order chi connectivity index (χ1) is 10.2. The Kier molecular flexibility index (Phi) is 5.64. The monoisotopic (exact) mass is 285 g/mol. The Bertz CT molecular complexity index is 569. The van der Waals surface area contributed by atoms with E-state index in [1.807, 2.05) is 42.5 Å². The molecule has 0 fully saturated rings. The van der Waals surface area contributed by atoms with Crippen molar-refractivity contribution in [3.05, 3.63) is 59.7 Å². The van der Waals surface area contributed by atoms with Crippen LogP contribution in [-0.2, 0) is 13.0 Å². The highest BCUT2D eigenvalue weighted by atomic mass is 16.5. The third kappa shape index (κ3) is 4.50. The minimum atomic E-state index is 0.173. The largest absolute Gasteiger partial charge is 0.497 e. The third-order valence-corrected chi connectivity index (χ3v) is 3.51. The summed E-state index contributed by atoms with van der Waals surface area (Å²) in [5.41, 5.74) is 8.30. The fourth-order valence-electron chi connectivity index (χ4n) is 2.16. The molecule has 0 bridgehead atoms. The first kappa shape index (κ1) is 15.4. The molecule has 1 atom stereocenters. The number of ether oxygens (including phenoxy) is 2. The number of para-hydroxylation sites is 1. The minimum absolute atomic E-state index is 0.173. The summed E-state index contributed by atoms with van der Waals surface area (Å²) in [5.74, 6) is 1.75. The van der Waals surface area contributed by atoms with Gasteiger partial charge < -0.3 is 15.2 Å². The van der Waals surface area contributed by atoms with Gasteiger partial charge in [0, 0.05) is 6.04 Å². The maximum atomic E-state index is 6.05. The lowest BCUT2D eigenvalue weighted by Gasteiger charge is -2.14. The summed E-state index contributed by atoms with van der Waals surface area (Å²) in [7, 11) is 1.67. The molecular formula is C18H23NO2. The van der Waals surface area contributed by atoms with Crippen molar-refractivity contribution < 1.29 is 9.47 Å². The quantitative estimate of drug-likeness (QED) is 0.846. The number of rotatable bonds is 7. The van der Waals surface area contributed by atoms with Gasteiger partial charge in [-0.2, -0.15) is 0 Å². The van der Waals surface area contributed by atoms with Crippen molar-refractivity contribution in [3.63, 3.8) is 0 Å². The maximum absolute atomic E-state index is 6.05. The van der Waals surface area contributed by atoms with Crippen LogP contribution < -0.4 is 15.2 Å². The highest BCUT2D eigenvalue weighted by Gasteiger charge is 2.07. The Morgan fingerprint density at radius 2 is 1.90 bits per heavy atom. The van der Waals surface area contributed by atoms with Crippen LogP contribution in [-0.4, -0.2) is 13.2 Å². The predicted octanol–water partition coefficient (Wildman–Crippen LogP) is 3.55. The molecule has 2 rings (SSSR count). The van der Waals surface area contributed by atoms with E-state index in [0.717, 1.165) is 35.5 Å². The molecule has 0 aliphatic heterocycles. The summed E-state index contributed by atoms with van der Waals surface area (Å²) in [6, 6.07) is 16.2. The summed E-state index contributed by atoms with van der Waals surface area (Å²) >= 11 is 0. The molecule has 0 aromatic heterocycles. The van der Waals surface area contributed by atoms with Gasteiger partial charge in [0.25, 0.3) is 0 Å². The highest BCUT2D eigenvalue weighted by molar-refractivity contribution is 5.35. The summed E-state index contributed by atoms with van der Waals surface area (Å²) in [5, 5.41) is 0. The molecule has 3 nitrogen and oxygen atoms in total. The second kappa shape index (κ2) is 7.70. The molecule has 0 aliphatic rings. The van der Waals surface area contributed by atoms with Gasteiger partial charge >= 0.3 is 0 Å². The van der Waals surface area contributed by atoms with E-state index in [1.54, 1.807) is 7.11 Å². The van der Waals surface area contributed by atoms with Gasteiger partial charge in [-0.3, -0.25) is 0 Å².